The molecule has 0 aromatic heterocycles. The molecule has 0 aliphatic heterocycles. The minimum absolute atomic E-state index is 0.456. The van der Waals surface area contributed by atoms with Crippen molar-refractivity contribution in [1.82, 2.24) is 5.32 Å². The average Bonchev–Trinajstić information content (AvgIpc) is 3.17. The molecule has 2 saturated carbocycles. The molecular weight excluding hydrogens is 289 g/mol. The number of hydrogen-bond acceptors (Lipinski definition) is 1. The van der Waals surface area contributed by atoms with Crippen LogP contribution in [0.3, 0.4) is 0 Å². The fourth-order valence-electron chi connectivity index (χ4n) is 4.02. The van der Waals surface area contributed by atoms with E-state index in [0.29, 0.717) is 16.1 Å². The summed E-state index contributed by atoms with van der Waals surface area (Å²) in [6, 6.07) is 6.59. The highest BCUT2D eigenvalue weighted by Gasteiger charge is 2.54. The summed E-state index contributed by atoms with van der Waals surface area (Å²) in [5, 5.41) is 5.08. The molecule has 0 spiro atoms. The third-order valence-electron chi connectivity index (χ3n) is 5.02. The van der Waals surface area contributed by atoms with Crippen LogP contribution in [0, 0.1) is 17.8 Å². The number of rotatable bonds is 5. The molecule has 2 fully saturated rings. The van der Waals surface area contributed by atoms with Gasteiger partial charge in [-0.05, 0) is 61.3 Å². The van der Waals surface area contributed by atoms with E-state index in [0.717, 1.165) is 24.3 Å². The van der Waals surface area contributed by atoms with E-state index in [2.05, 4.69) is 24.4 Å². The third kappa shape index (κ3) is 2.86. The molecule has 1 N–H and O–H groups in total. The van der Waals surface area contributed by atoms with Crippen molar-refractivity contribution < 1.29 is 0 Å². The second kappa shape index (κ2) is 6.25. The predicted octanol–water partition coefficient (Wildman–Crippen LogP) is 5.47. The molecule has 110 valence electrons. The first-order chi connectivity index (χ1) is 9.72. The van der Waals surface area contributed by atoms with Crippen LogP contribution in [0.4, 0.5) is 0 Å². The number of fused-ring (bicyclic) bond motifs is 1. The van der Waals surface area contributed by atoms with Crippen molar-refractivity contribution in [3.63, 3.8) is 0 Å². The van der Waals surface area contributed by atoms with E-state index < -0.39 is 0 Å². The molecule has 0 radical (unpaired) electrons. The summed E-state index contributed by atoms with van der Waals surface area (Å²) >= 11 is 12.3. The van der Waals surface area contributed by atoms with Gasteiger partial charge in [0, 0.05) is 6.04 Å². The van der Waals surface area contributed by atoms with Crippen molar-refractivity contribution in [2.45, 2.75) is 45.1 Å². The SMILES string of the molecule is CCCNC(c1ccc(Cl)c(Cl)c1)C1C2CCCCC21. The Morgan fingerprint density at radius 2 is 1.85 bits per heavy atom. The summed E-state index contributed by atoms with van der Waals surface area (Å²) in [5.74, 6) is 2.68. The molecular formula is C17H23Cl2N. The Bertz CT molecular complexity index is 462. The molecule has 20 heavy (non-hydrogen) atoms. The molecule has 1 aromatic carbocycles. The van der Waals surface area contributed by atoms with Gasteiger partial charge in [0.15, 0.2) is 0 Å². The van der Waals surface area contributed by atoms with E-state index in [1.807, 2.05) is 6.07 Å². The van der Waals surface area contributed by atoms with Crippen LogP contribution >= 0.6 is 23.2 Å². The van der Waals surface area contributed by atoms with E-state index >= 15 is 0 Å². The highest BCUT2D eigenvalue weighted by molar-refractivity contribution is 6.42. The van der Waals surface area contributed by atoms with Crippen molar-refractivity contribution in [3.05, 3.63) is 33.8 Å². The number of hydrogen-bond donors (Lipinski definition) is 1. The summed E-state index contributed by atoms with van der Waals surface area (Å²) in [6.45, 7) is 3.29. The maximum absolute atomic E-state index is 6.21. The average molecular weight is 312 g/mol. The van der Waals surface area contributed by atoms with Crippen molar-refractivity contribution in [1.29, 1.82) is 0 Å². The Hall–Kier alpha value is -0.240. The molecule has 2 aliphatic carbocycles. The van der Waals surface area contributed by atoms with E-state index in [1.54, 1.807) is 0 Å². The van der Waals surface area contributed by atoms with Crippen LogP contribution in [0.2, 0.25) is 10.0 Å². The minimum Gasteiger partial charge on any atom is -0.310 e. The zero-order chi connectivity index (χ0) is 14.1. The molecule has 3 atom stereocenters. The largest absolute Gasteiger partial charge is 0.310 e. The van der Waals surface area contributed by atoms with Gasteiger partial charge in [-0.2, -0.15) is 0 Å². The molecule has 0 bridgehead atoms. The van der Waals surface area contributed by atoms with E-state index in [9.17, 15) is 0 Å². The van der Waals surface area contributed by atoms with Gasteiger partial charge in [0.1, 0.15) is 0 Å². The maximum Gasteiger partial charge on any atom is 0.0595 e. The molecule has 2 aliphatic rings. The molecule has 0 saturated heterocycles. The summed E-state index contributed by atoms with van der Waals surface area (Å²) < 4.78 is 0. The first-order valence-corrected chi connectivity index (χ1v) is 8.66. The van der Waals surface area contributed by atoms with E-state index in [4.69, 9.17) is 23.2 Å². The zero-order valence-corrected chi connectivity index (χ0v) is 13.6. The first kappa shape index (κ1) is 14.7. The Kier molecular flexibility index (Phi) is 4.59. The predicted molar refractivity (Wildman–Crippen MR) is 86.4 cm³/mol. The van der Waals surface area contributed by atoms with Crippen LogP contribution in [0.25, 0.3) is 0 Å². The summed E-state index contributed by atoms with van der Waals surface area (Å²) in [6.07, 6.45) is 6.83. The van der Waals surface area contributed by atoms with Gasteiger partial charge in [-0.25, -0.2) is 0 Å². The fourth-order valence-corrected chi connectivity index (χ4v) is 4.33. The minimum atomic E-state index is 0.456. The summed E-state index contributed by atoms with van der Waals surface area (Å²) in [4.78, 5) is 0. The second-order valence-corrected chi connectivity index (χ2v) is 7.11. The molecule has 3 rings (SSSR count). The van der Waals surface area contributed by atoms with Crippen LogP contribution in [-0.4, -0.2) is 6.54 Å². The van der Waals surface area contributed by atoms with Crippen LogP contribution < -0.4 is 5.32 Å². The molecule has 3 unspecified atom stereocenters. The summed E-state index contributed by atoms with van der Waals surface area (Å²) in [5.41, 5.74) is 1.31. The zero-order valence-electron chi connectivity index (χ0n) is 12.0. The van der Waals surface area contributed by atoms with Crippen molar-refractivity contribution in [2.24, 2.45) is 17.8 Å². The van der Waals surface area contributed by atoms with Crippen molar-refractivity contribution in [2.75, 3.05) is 6.54 Å². The van der Waals surface area contributed by atoms with Crippen LogP contribution in [0.5, 0.6) is 0 Å². The lowest BCUT2D eigenvalue weighted by atomic mass is 9.99. The van der Waals surface area contributed by atoms with Crippen LogP contribution in [-0.2, 0) is 0 Å². The van der Waals surface area contributed by atoms with Crippen LogP contribution in [0.1, 0.15) is 50.6 Å². The third-order valence-corrected chi connectivity index (χ3v) is 5.76. The Labute approximate surface area is 132 Å². The Morgan fingerprint density at radius 1 is 1.15 bits per heavy atom. The standard InChI is InChI=1S/C17H23Cl2N/c1-2-9-20-17(11-7-8-14(18)15(19)10-11)16-12-5-3-4-6-13(12)16/h7-8,10,12-13,16-17,20H,2-6,9H2,1H3. The van der Waals surface area contributed by atoms with Gasteiger partial charge in [0.05, 0.1) is 10.0 Å². The lowest BCUT2D eigenvalue weighted by Gasteiger charge is -2.20. The van der Waals surface area contributed by atoms with E-state index in [-0.39, 0.29) is 0 Å². The normalized spacial score (nSPS) is 29.9. The molecule has 0 heterocycles. The topological polar surface area (TPSA) is 12.0 Å². The van der Waals surface area contributed by atoms with Gasteiger partial charge in [-0.1, -0.05) is 49.0 Å². The maximum atomic E-state index is 6.21. The van der Waals surface area contributed by atoms with Gasteiger partial charge in [0.2, 0.25) is 0 Å². The number of nitrogens with one attached hydrogen (secondary N) is 1. The molecule has 0 amide bonds. The smallest absolute Gasteiger partial charge is 0.0595 e. The van der Waals surface area contributed by atoms with Gasteiger partial charge in [-0.3, -0.25) is 0 Å². The number of halogens is 2. The molecule has 1 nitrogen and oxygen atoms in total. The fraction of sp³-hybridized carbons (Fsp3) is 0.647. The summed E-state index contributed by atoms with van der Waals surface area (Å²) in [7, 11) is 0. The van der Waals surface area contributed by atoms with Gasteiger partial charge in [-0.15, -0.1) is 0 Å². The molecule has 3 heteroatoms. The highest BCUT2D eigenvalue weighted by Crippen LogP contribution is 2.60. The quantitative estimate of drug-likeness (QED) is 0.760. The van der Waals surface area contributed by atoms with Crippen molar-refractivity contribution >= 4 is 23.2 Å². The lowest BCUT2D eigenvalue weighted by Crippen LogP contribution is -2.25. The monoisotopic (exact) mass is 311 g/mol. The second-order valence-electron chi connectivity index (χ2n) is 6.29. The molecule has 1 aromatic rings. The van der Waals surface area contributed by atoms with E-state index in [1.165, 1.54) is 37.7 Å². The first-order valence-electron chi connectivity index (χ1n) is 7.90. The Morgan fingerprint density at radius 3 is 2.45 bits per heavy atom. The van der Waals surface area contributed by atoms with Crippen LogP contribution in [0.15, 0.2) is 18.2 Å². The lowest BCUT2D eigenvalue weighted by molar-refractivity contribution is 0.445. The van der Waals surface area contributed by atoms with Crippen molar-refractivity contribution in [3.8, 4) is 0 Å². The Balaban J connectivity index is 1.80. The number of benzene rings is 1. The highest BCUT2D eigenvalue weighted by atomic mass is 35.5. The van der Waals surface area contributed by atoms with Gasteiger partial charge < -0.3 is 5.32 Å². The van der Waals surface area contributed by atoms with Gasteiger partial charge >= 0.3 is 0 Å². The van der Waals surface area contributed by atoms with Gasteiger partial charge in [0.25, 0.3) is 0 Å².